The molecule has 4 rings (SSSR count). The van der Waals surface area contributed by atoms with Crippen LogP contribution in [-0.2, 0) is 11.2 Å². The molecule has 8 nitrogen and oxygen atoms in total. The third-order valence-electron chi connectivity index (χ3n) is 5.93. The van der Waals surface area contributed by atoms with Crippen LogP contribution in [0, 0.1) is 6.92 Å². The summed E-state index contributed by atoms with van der Waals surface area (Å²) in [5.74, 6) is 1.56. The summed E-state index contributed by atoms with van der Waals surface area (Å²) >= 11 is 0. The van der Waals surface area contributed by atoms with Gasteiger partial charge in [-0.15, -0.1) is 0 Å². The van der Waals surface area contributed by atoms with Gasteiger partial charge < -0.3 is 14.6 Å². The molecule has 0 spiro atoms. The van der Waals surface area contributed by atoms with Crippen LogP contribution in [0.1, 0.15) is 42.0 Å². The van der Waals surface area contributed by atoms with Crippen LogP contribution in [0.3, 0.4) is 0 Å². The number of hydrogen-bond acceptors (Lipinski definition) is 6. The van der Waals surface area contributed by atoms with Gasteiger partial charge in [0.2, 0.25) is 5.91 Å². The summed E-state index contributed by atoms with van der Waals surface area (Å²) in [5.41, 5.74) is 3.25. The van der Waals surface area contributed by atoms with Crippen molar-refractivity contribution in [3.05, 3.63) is 70.0 Å². The second kappa shape index (κ2) is 9.72. The Morgan fingerprint density at radius 2 is 2.03 bits per heavy atom. The Bertz CT molecular complexity index is 1140. The molecule has 1 aliphatic heterocycles. The van der Waals surface area contributed by atoms with E-state index in [2.05, 4.69) is 19.9 Å². The van der Waals surface area contributed by atoms with Gasteiger partial charge in [0.1, 0.15) is 11.4 Å². The van der Waals surface area contributed by atoms with Crippen LogP contribution >= 0.6 is 0 Å². The zero-order valence-electron chi connectivity index (χ0n) is 18.4. The first-order valence-corrected chi connectivity index (χ1v) is 10.8. The van der Waals surface area contributed by atoms with Gasteiger partial charge in [-0.2, -0.15) is 0 Å². The molecule has 1 amide bonds. The number of carbonyl (C=O) groups excluding carboxylic acids is 1. The maximum absolute atomic E-state index is 12.7. The number of amides is 1. The fourth-order valence-electron chi connectivity index (χ4n) is 4.08. The highest BCUT2D eigenvalue weighted by molar-refractivity contribution is 5.76. The lowest BCUT2D eigenvalue weighted by atomic mass is 9.93. The molecule has 2 aromatic heterocycles. The molecule has 1 fully saturated rings. The fraction of sp³-hybridized carbons (Fsp3) is 0.375. The number of aromatic nitrogens is 4. The molecule has 166 valence electrons. The van der Waals surface area contributed by atoms with E-state index in [1.165, 1.54) is 0 Å². The van der Waals surface area contributed by atoms with Crippen molar-refractivity contribution in [3.8, 4) is 17.3 Å². The highest BCUT2D eigenvalue weighted by atomic mass is 16.5. The highest BCUT2D eigenvalue weighted by Crippen LogP contribution is 2.27. The van der Waals surface area contributed by atoms with Gasteiger partial charge in [-0.3, -0.25) is 14.6 Å². The molecule has 1 N–H and O–H groups in total. The SMILES string of the molecule is COc1cc(CCC(=O)N2CCC(c3cc(=O)[nH]c(-c4cnccn4)n3)CC2)ccc1C. The molecule has 0 radical (unpaired) electrons. The van der Waals surface area contributed by atoms with E-state index in [1.807, 2.05) is 30.0 Å². The molecule has 1 aromatic carbocycles. The van der Waals surface area contributed by atoms with Crippen LogP contribution in [0.4, 0.5) is 0 Å². The first-order chi connectivity index (χ1) is 15.5. The molecule has 0 aliphatic carbocycles. The van der Waals surface area contributed by atoms with Crippen molar-refractivity contribution >= 4 is 5.91 Å². The van der Waals surface area contributed by atoms with Crippen molar-refractivity contribution in [3.63, 3.8) is 0 Å². The first-order valence-electron chi connectivity index (χ1n) is 10.8. The third-order valence-corrected chi connectivity index (χ3v) is 5.93. The van der Waals surface area contributed by atoms with Crippen LogP contribution in [-0.4, -0.2) is 50.9 Å². The fourth-order valence-corrected chi connectivity index (χ4v) is 4.08. The summed E-state index contributed by atoms with van der Waals surface area (Å²) in [6.07, 6.45) is 7.43. The zero-order chi connectivity index (χ0) is 22.5. The van der Waals surface area contributed by atoms with Crippen LogP contribution in [0.5, 0.6) is 5.75 Å². The Kier molecular flexibility index (Phi) is 6.58. The van der Waals surface area contributed by atoms with Crippen LogP contribution in [0.15, 0.2) is 47.7 Å². The average Bonchev–Trinajstić information content (AvgIpc) is 2.83. The number of nitrogens with zero attached hydrogens (tertiary/aromatic N) is 4. The van der Waals surface area contributed by atoms with Crippen molar-refractivity contribution in [1.29, 1.82) is 0 Å². The second-order valence-corrected chi connectivity index (χ2v) is 8.07. The van der Waals surface area contributed by atoms with Gasteiger partial charge >= 0.3 is 0 Å². The van der Waals surface area contributed by atoms with Crippen LogP contribution < -0.4 is 10.3 Å². The highest BCUT2D eigenvalue weighted by Gasteiger charge is 2.25. The van der Waals surface area contributed by atoms with E-state index in [9.17, 15) is 9.59 Å². The lowest BCUT2D eigenvalue weighted by Crippen LogP contribution is -2.38. The van der Waals surface area contributed by atoms with E-state index in [0.717, 1.165) is 35.4 Å². The van der Waals surface area contributed by atoms with E-state index >= 15 is 0 Å². The minimum Gasteiger partial charge on any atom is -0.496 e. The first kappa shape index (κ1) is 21.7. The quantitative estimate of drug-likeness (QED) is 0.641. The number of nitrogens with one attached hydrogen (secondary N) is 1. The van der Waals surface area contributed by atoms with Crippen molar-refractivity contribution < 1.29 is 9.53 Å². The topological polar surface area (TPSA) is 101 Å². The maximum Gasteiger partial charge on any atom is 0.251 e. The second-order valence-electron chi connectivity index (χ2n) is 8.07. The number of benzene rings is 1. The minimum absolute atomic E-state index is 0.137. The van der Waals surface area contributed by atoms with Gasteiger partial charge in [-0.25, -0.2) is 9.97 Å². The number of aryl methyl sites for hydroxylation is 2. The molecule has 1 saturated heterocycles. The van der Waals surface area contributed by atoms with Gasteiger partial charge in [0.25, 0.3) is 5.56 Å². The molecular weight excluding hydrogens is 406 g/mol. The number of rotatable bonds is 6. The van der Waals surface area contributed by atoms with E-state index in [4.69, 9.17) is 4.74 Å². The maximum atomic E-state index is 12.7. The molecule has 32 heavy (non-hydrogen) atoms. The number of likely N-dealkylation sites (tertiary alicyclic amines) is 1. The molecule has 1 aliphatic rings. The van der Waals surface area contributed by atoms with Gasteiger partial charge in [0.05, 0.1) is 19.0 Å². The van der Waals surface area contributed by atoms with Gasteiger partial charge in [-0.05, 0) is 43.4 Å². The summed E-state index contributed by atoms with van der Waals surface area (Å²) in [6.45, 7) is 3.33. The molecule has 8 heteroatoms. The Hall–Kier alpha value is -3.55. The molecule has 3 heterocycles. The van der Waals surface area contributed by atoms with Gasteiger partial charge in [0, 0.05) is 43.9 Å². The van der Waals surface area contributed by atoms with E-state index in [1.54, 1.807) is 31.8 Å². The summed E-state index contributed by atoms with van der Waals surface area (Å²) in [7, 11) is 1.66. The summed E-state index contributed by atoms with van der Waals surface area (Å²) in [6, 6.07) is 7.62. The molecule has 0 atom stereocenters. The third kappa shape index (κ3) is 5.01. The van der Waals surface area contributed by atoms with Crippen LogP contribution in [0.25, 0.3) is 11.5 Å². The molecule has 0 saturated carbocycles. The summed E-state index contributed by atoms with van der Waals surface area (Å²) in [4.78, 5) is 42.4. The lowest BCUT2D eigenvalue weighted by molar-refractivity contribution is -0.132. The Labute approximate surface area is 186 Å². The van der Waals surface area contributed by atoms with E-state index < -0.39 is 0 Å². The number of hydrogen-bond donors (Lipinski definition) is 1. The van der Waals surface area contributed by atoms with E-state index in [0.29, 0.717) is 37.4 Å². The van der Waals surface area contributed by atoms with Crippen molar-refractivity contribution in [2.75, 3.05) is 20.2 Å². The predicted octanol–water partition coefficient (Wildman–Crippen LogP) is 2.88. The molecule has 3 aromatic rings. The van der Waals surface area contributed by atoms with Gasteiger partial charge in [-0.1, -0.05) is 12.1 Å². The molecule has 0 bridgehead atoms. The summed E-state index contributed by atoms with van der Waals surface area (Å²) in [5, 5.41) is 0. The average molecular weight is 434 g/mol. The normalized spacial score (nSPS) is 14.4. The predicted molar refractivity (Wildman–Crippen MR) is 120 cm³/mol. The number of ether oxygens (including phenoxy) is 1. The standard InChI is InChI=1S/C24H27N5O3/c1-16-3-4-17(13-21(16)32-2)5-6-23(31)29-11-7-18(8-12-29)19-14-22(30)28-24(27-19)20-15-25-9-10-26-20/h3-4,9-10,13-15,18H,5-8,11-12H2,1-2H3,(H,27,28,30). The Morgan fingerprint density at radius 1 is 1.22 bits per heavy atom. The number of methoxy groups -OCH3 is 1. The monoisotopic (exact) mass is 433 g/mol. The lowest BCUT2D eigenvalue weighted by Gasteiger charge is -2.32. The smallest absolute Gasteiger partial charge is 0.251 e. The van der Waals surface area contributed by atoms with Crippen LogP contribution in [0.2, 0.25) is 0 Å². The zero-order valence-corrected chi connectivity index (χ0v) is 18.4. The minimum atomic E-state index is -0.206. The summed E-state index contributed by atoms with van der Waals surface area (Å²) < 4.78 is 5.37. The van der Waals surface area contributed by atoms with Gasteiger partial charge in [0.15, 0.2) is 5.82 Å². The molecular formula is C24H27N5O3. The largest absolute Gasteiger partial charge is 0.496 e. The van der Waals surface area contributed by atoms with Crippen molar-refractivity contribution in [2.24, 2.45) is 0 Å². The molecule has 0 unspecified atom stereocenters. The number of carbonyl (C=O) groups is 1. The Balaban J connectivity index is 1.35. The van der Waals surface area contributed by atoms with Crippen molar-refractivity contribution in [2.45, 2.75) is 38.5 Å². The number of piperidine rings is 1. The number of aromatic amines is 1. The van der Waals surface area contributed by atoms with Crippen molar-refractivity contribution in [1.82, 2.24) is 24.8 Å². The Morgan fingerprint density at radius 3 is 2.75 bits per heavy atom. The number of H-pyrrole nitrogens is 1. The van der Waals surface area contributed by atoms with E-state index in [-0.39, 0.29) is 17.4 Å².